The molecule has 0 saturated carbocycles. The summed E-state index contributed by atoms with van der Waals surface area (Å²) < 4.78 is 4.98. The van der Waals surface area contributed by atoms with Crippen LogP contribution in [0, 0.1) is 0 Å². The number of hydrogen-bond donors (Lipinski definition) is 0. The molecule has 0 rings (SSSR count). The lowest BCUT2D eigenvalue weighted by atomic mass is 11.0. The molecule has 0 heterocycles. The van der Waals surface area contributed by atoms with Gasteiger partial charge in [-0.15, -0.1) is 0 Å². The maximum absolute atomic E-state index is 4.98. The zero-order valence-electron chi connectivity index (χ0n) is 4.43. The summed E-state index contributed by atoms with van der Waals surface area (Å²) in [5.41, 5.74) is 0. The Morgan fingerprint density at radius 2 is 2.43 bits per heavy atom. The largest absolute Gasteiger partial charge is 0.286 e. The minimum Gasteiger partial charge on any atom is -0.286 e. The molecule has 0 aliphatic heterocycles. The summed E-state index contributed by atoms with van der Waals surface area (Å²) in [6.07, 6.45) is 0. The zero-order valence-corrected chi connectivity index (χ0v) is 7.06. The van der Waals surface area contributed by atoms with Gasteiger partial charge in [-0.1, -0.05) is 17.7 Å². The Hall–Kier alpha value is 1.09. The first kappa shape index (κ1) is 8.09. The van der Waals surface area contributed by atoms with Crippen LogP contribution in [0.1, 0.15) is 6.92 Å². The molecule has 4 heteroatoms. The summed E-state index contributed by atoms with van der Waals surface area (Å²) in [5, 5.41) is 0. The first-order valence-corrected chi connectivity index (χ1v) is 5.69. The van der Waals surface area contributed by atoms with Gasteiger partial charge in [0.25, 0.3) is 0 Å². The molecule has 0 aliphatic carbocycles. The molecule has 0 radical (unpaired) electrons. The first-order valence-electron chi connectivity index (χ1n) is 2.03. The highest BCUT2D eigenvalue weighted by molar-refractivity contribution is 8.75. The van der Waals surface area contributed by atoms with Crippen LogP contribution in [-0.4, -0.2) is 12.4 Å². The van der Waals surface area contributed by atoms with Gasteiger partial charge in [-0.25, -0.2) is 0 Å². The summed E-state index contributed by atoms with van der Waals surface area (Å²) in [6, 6.07) is 0. The molecule has 0 aromatic rings. The van der Waals surface area contributed by atoms with Gasteiger partial charge in [0.1, 0.15) is 0 Å². The van der Waals surface area contributed by atoms with Crippen molar-refractivity contribution < 1.29 is 3.97 Å². The Morgan fingerprint density at radius 3 is 2.86 bits per heavy atom. The topological polar surface area (TPSA) is 9.23 Å². The van der Waals surface area contributed by atoms with E-state index in [4.69, 9.17) is 3.97 Å². The van der Waals surface area contributed by atoms with E-state index in [0.29, 0.717) is 8.81 Å². The number of rotatable bonds is 4. The fraction of sp³-hybridized carbons (Fsp3) is 1.00. The van der Waals surface area contributed by atoms with Gasteiger partial charge >= 0.3 is 0 Å². The van der Waals surface area contributed by atoms with Gasteiger partial charge in [0.05, 0.1) is 11.1 Å². The maximum Gasteiger partial charge on any atom is 0.0655 e. The highest BCUT2D eigenvalue weighted by Crippen LogP contribution is 2.28. The van der Waals surface area contributed by atoms with Crippen molar-refractivity contribution >= 4 is 30.7 Å². The van der Waals surface area contributed by atoms with Gasteiger partial charge in [-0.3, -0.25) is 3.97 Å². The van der Waals surface area contributed by atoms with Gasteiger partial charge in [0.15, 0.2) is 0 Å². The molecule has 7 heavy (non-hydrogen) atoms. The third-order valence-electron chi connectivity index (χ3n) is 0.283. The second-order valence-electron chi connectivity index (χ2n) is 0.762. The third kappa shape index (κ3) is 7.09. The van der Waals surface area contributed by atoms with E-state index in [0.717, 1.165) is 5.75 Å². The van der Waals surface area contributed by atoms with Gasteiger partial charge in [0, 0.05) is 14.6 Å². The SMILES string of the molecule is CCSSOPC. The predicted molar refractivity (Wildman–Crippen MR) is 41.0 cm³/mol. The lowest BCUT2D eigenvalue weighted by molar-refractivity contribution is 0.759. The fourth-order valence-electron chi connectivity index (χ4n) is 0.106. The van der Waals surface area contributed by atoms with Crippen molar-refractivity contribution in [2.75, 3.05) is 12.4 Å². The van der Waals surface area contributed by atoms with Crippen molar-refractivity contribution in [2.45, 2.75) is 6.92 Å². The Balaban J connectivity index is 2.45. The highest BCUT2D eigenvalue weighted by atomic mass is 33.1. The van der Waals surface area contributed by atoms with E-state index in [1.54, 1.807) is 10.8 Å². The Kier molecular flexibility index (Phi) is 8.19. The first-order chi connectivity index (χ1) is 3.41. The second-order valence-corrected chi connectivity index (χ2v) is 3.90. The molecule has 0 aromatic heterocycles. The van der Waals surface area contributed by atoms with Crippen LogP contribution >= 0.6 is 30.7 Å². The molecule has 0 bridgehead atoms. The van der Waals surface area contributed by atoms with Crippen LogP contribution < -0.4 is 0 Å². The van der Waals surface area contributed by atoms with Gasteiger partial charge in [-0.2, -0.15) is 0 Å². The van der Waals surface area contributed by atoms with E-state index in [1.807, 2.05) is 6.66 Å². The van der Waals surface area contributed by atoms with Crippen LogP contribution in [0.4, 0.5) is 0 Å². The second kappa shape index (κ2) is 7.09. The van der Waals surface area contributed by atoms with Crippen molar-refractivity contribution in [3.05, 3.63) is 0 Å². The summed E-state index contributed by atoms with van der Waals surface area (Å²) in [4.78, 5) is 0. The smallest absolute Gasteiger partial charge is 0.0655 e. The minimum atomic E-state index is 0.610. The zero-order chi connectivity index (χ0) is 5.54. The molecule has 0 amide bonds. The molecule has 0 aromatic carbocycles. The van der Waals surface area contributed by atoms with E-state index < -0.39 is 0 Å². The average Bonchev–Trinajstić information content (AvgIpc) is 1.69. The van der Waals surface area contributed by atoms with E-state index in [2.05, 4.69) is 6.92 Å². The number of hydrogen-bond acceptors (Lipinski definition) is 3. The van der Waals surface area contributed by atoms with Crippen LogP contribution in [0.3, 0.4) is 0 Å². The molecular formula is C3H9OPS2. The molecule has 0 aliphatic rings. The normalized spacial score (nSPS) is 11.1. The van der Waals surface area contributed by atoms with Crippen LogP contribution in [0.5, 0.6) is 0 Å². The summed E-state index contributed by atoms with van der Waals surface area (Å²) >= 11 is 1.48. The lowest BCUT2D eigenvalue weighted by Crippen LogP contribution is -1.56. The molecule has 44 valence electrons. The van der Waals surface area contributed by atoms with Gasteiger partial charge < -0.3 is 0 Å². The van der Waals surface area contributed by atoms with Crippen molar-refractivity contribution in [2.24, 2.45) is 0 Å². The van der Waals surface area contributed by atoms with Gasteiger partial charge in [0.2, 0.25) is 0 Å². The van der Waals surface area contributed by atoms with Crippen LogP contribution in [-0.2, 0) is 3.97 Å². The highest BCUT2D eigenvalue weighted by Gasteiger charge is 1.80. The molecule has 1 atom stereocenters. The Labute approximate surface area is 54.4 Å². The summed E-state index contributed by atoms with van der Waals surface area (Å²) in [6.45, 7) is 4.13. The quantitative estimate of drug-likeness (QED) is 0.268. The minimum absolute atomic E-state index is 0.610. The third-order valence-corrected chi connectivity index (χ3v) is 3.16. The van der Waals surface area contributed by atoms with Crippen LogP contribution in [0.2, 0.25) is 0 Å². The summed E-state index contributed by atoms with van der Waals surface area (Å²) in [7, 11) is 2.34. The van der Waals surface area contributed by atoms with Crippen LogP contribution in [0.25, 0.3) is 0 Å². The standard InChI is InChI=1S/C3H9OPS2/c1-3-6-7-4-5-2/h5H,3H2,1-2H3. The molecule has 0 N–H and O–H groups in total. The van der Waals surface area contributed by atoms with Crippen molar-refractivity contribution in [3.8, 4) is 0 Å². The Morgan fingerprint density at radius 1 is 1.71 bits per heavy atom. The van der Waals surface area contributed by atoms with E-state index in [1.165, 1.54) is 11.1 Å². The van der Waals surface area contributed by atoms with E-state index in [9.17, 15) is 0 Å². The average molecular weight is 156 g/mol. The van der Waals surface area contributed by atoms with Crippen molar-refractivity contribution in [1.82, 2.24) is 0 Å². The van der Waals surface area contributed by atoms with Crippen molar-refractivity contribution in [1.29, 1.82) is 0 Å². The maximum atomic E-state index is 4.98. The monoisotopic (exact) mass is 156 g/mol. The molecule has 1 unspecified atom stereocenters. The Bertz CT molecular complexity index is 32.1. The molecule has 0 saturated heterocycles. The summed E-state index contributed by atoms with van der Waals surface area (Å²) in [5.74, 6) is 1.12. The van der Waals surface area contributed by atoms with Gasteiger partial charge in [-0.05, 0) is 6.66 Å². The molecule has 0 spiro atoms. The molecular weight excluding hydrogens is 147 g/mol. The van der Waals surface area contributed by atoms with E-state index >= 15 is 0 Å². The van der Waals surface area contributed by atoms with Crippen molar-refractivity contribution in [3.63, 3.8) is 0 Å². The van der Waals surface area contributed by atoms with E-state index in [-0.39, 0.29) is 0 Å². The van der Waals surface area contributed by atoms with Crippen LogP contribution in [0.15, 0.2) is 0 Å². The lowest BCUT2D eigenvalue weighted by Gasteiger charge is -1.91. The fourth-order valence-corrected chi connectivity index (χ4v) is 2.00. The molecule has 1 nitrogen and oxygen atoms in total. The predicted octanol–water partition coefficient (Wildman–Crippen LogP) is 2.54. The molecule has 0 fully saturated rings.